The lowest BCUT2D eigenvalue weighted by atomic mass is 10.3. The quantitative estimate of drug-likeness (QED) is 0.771. The van der Waals surface area contributed by atoms with Gasteiger partial charge in [-0.1, -0.05) is 17.7 Å². The number of nitrogens with zero attached hydrogens (tertiary/aromatic N) is 1. The highest BCUT2D eigenvalue weighted by molar-refractivity contribution is 6.32. The summed E-state index contributed by atoms with van der Waals surface area (Å²) in [4.78, 5) is 13.9. The van der Waals surface area contributed by atoms with E-state index in [1.807, 2.05) is 12.1 Å². The van der Waals surface area contributed by atoms with Crippen LogP contribution >= 0.6 is 11.6 Å². The van der Waals surface area contributed by atoms with Crippen molar-refractivity contribution < 1.29 is 19.0 Å². The monoisotopic (exact) mass is 328 g/mol. The van der Waals surface area contributed by atoms with Gasteiger partial charge in [-0.15, -0.1) is 0 Å². The number of hydrogen-bond acceptors (Lipinski definition) is 5. The number of carbonyl (C=O) groups excluding carboxylic acids is 1. The summed E-state index contributed by atoms with van der Waals surface area (Å²) < 4.78 is 15.8. The first-order chi connectivity index (χ1) is 10.7. The van der Waals surface area contributed by atoms with Crippen LogP contribution in [0.1, 0.15) is 0 Å². The predicted octanol–water partition coefficient (Wildman–Crippen LogP) is 1.64. The Balaban J connectivity index is 1.93. The van der Waals surface area contributed by atoms with Crippen molar-refractivity contribution in [3.05, 3.63) is 23.2 Å². The SMILES string of the molecule is COCCOc1c(Cl)cccc1NCC(=O)N1CCOCC1. The molecule has 0 unspecified atom stereocenters. The molecule has 1 N–H and O–H groups in total. The average Bonchev–Trinajstić information content (AvgIpc) is 2.55. The molecule has 0 aliphatic carbocycles. The van der Waals surface area contributed by atoms with Gasteiger partial charge in [0.1, 0.15) is 6.61 Å². The van der Waals surface area contributed by atoms with E-state index in [0.29, 0.717) is 56.0 Å². The lowest BCUT2D eigenvalue weighted by Gasteiger charge is -2.27. The van der Waals surface area contributed by atoms with Gasteiger partial charge in [0.25, 0.3) is 0 Å². The summed E-state index contributed by atoms with van der Waals surface area (Å²) >= 11 is 6.15. The first kappa shape index (κ1) is 16.9. The number of ether oxygens (including phenoxy) is 3. The minimum Gasteiger partial charge on any atom is -0.487 e. The Morgan fingerprint density at radius 1 is 1.36 bits per heavy atom. The minimum atomic E-state index is 0.0334. The lowest BCUT2D eigenvalue weighted by Crippen LogP contribution is -2.43. The number of amides is 1. The van der Waals surface area contributed by atoms with E-state index < -0.39 is 0 Å². The van der Waals surface area contributed by atoms with E-state index in [4.69, 9.17) is 25.8 Å². The summed E-state index contributed by atoms with van der Waals surface area (Å²) in [7, 11) is 1.61. The summed E-state index contributed by atoms with van der Waals surface area (Å²) in [6.45, 7) is 3.51. The van der Waals surface area contributed by atoms with Gasteiger partial charge in [0.15, 0.2) is 5.75 Å². The number of halogens is 1. The van der Waals surface area contributed by atoms with E-state index in [-0.39, 0.29) is 12.5 Å². The normalized spacial score (nSPS) is 14.7. The van der Waals surface area contributed by atoms with Crippen LogP contribution < -0.4 is 10.1 Å². The van der Waals surface area contributed by atoms with Crippen LogP contribution in [0.2, 0.25) is 5.02 Å². The van der Waals surface area contributed by atoms with Crippen molar-refractivity contribution >= 4 is 23.2 Å². The number of hydrogen-bond donors (Lipinski definition) is 1. The fourth-order valence-corrected chi connectivity index (χ4v) is 2.35. The van der Waals surface area contributed by atoms with E-state index in [9.17, 15) is 4.79 Å². The molecule has 122 valence electrons. The highest BCUT2D eigenvalue weighted by Crippen LogP contribution is 2.32. The summed E-state index contributed by atoms with van der Waals surface area (Å²) in [5.41, 5.74) is 0.699. The zero-order chi connectivity index (χ0) is 15.8. The predicted molar refractivity (Wildman–Crippen MR) is 84.7 cm³/mol. The van der Waals surface area contributed by atoms with Crippen LogP contribution in [-0.4, -0.2) is 64.0 Å². The van der Waals surface area contributed by atoms with Gasteiger partial charge in [0, 0.05) is 20.2 Å². The van der Waals surface area contributed by atoms with Gasteiger partial charge in [-0.05, 0) is 12.1 Å². The van der Waals surface area contributed by atoms with Crippen molar-refractivity contribution in [1.82, 2.24) is 4.90 Å². The maximum atomic E-state index is 12.1. The average molecular weight is 329 g/mol. The minimum absolute atomic E-state index is 0.0334. The van der Waals surface area contributed by atoms with Gasteiger partial charge in [-0.3, -0.25) is 4.79 Å². The van der Waals surface area contributed by atoms with Crippen molar-refractivity contribution in [1.29, 1.82) is 0 Å². The third-order valence-electron chi connectivity index (χ3n) is 3.29. The largest absolute Gasteiger partial charge is 0.487 e. The summed E-state index contributed by atoms with van der Waals surface area (Å²) in [6, 6.07) is 5.40. The molecule has 0 atom stereocenters. The number of carbonyl (C=O) groups is 1. The van der Waals surface area contributed by atoms with Gasteiger partial charge in [-0.2, -0.15) is 0 Å². The Labute approximate surface area is 135 Å². The molecule has 1 aromatic carbocycles. The summed E-state index contributed by atoms with van der Waals surface area (Å²) in [5.74, 6) is 0.571. The second kappa shape index (κ2) is 8.82. The van der Waals surface area contributed by atoms with Crippen molar-refractivity contribution in [2.24, 2.45) is 0 Å². The van der Waals surface area contributed by atoms with E-state index in [1.54, 1.807) is 18.1 Å². The molecule has 1 aliphatic heterocycles. The van der Waals surface area contributed by atoms with Crippen LogP contribution in [0.3, 0.4) is 0 Å². The van der Waals surface area contributed by atoms with Crippen molar-refractivity contribution in [3.63, 3.8) is 0 Å². The molecule has 22 heavy (non-hydrogen) atoms. The number of anilines is 1. The highest BCUT2D eigenvalue weighted by Gasteiger charge is 2.17. The number of methoxy groups -OCH3 is 1. The second-order valence-electron chi connectivity index (χ2n) is 4.80. The van der Waals surface area contributed by atoms with Crippen molar-refractivity contribution in [2.75, 3.05) is 58.5 Å². The van der Waals surface area contributed by atoms with Crippen LogP contribution in [0.5, 0.6) is 5.75 Å². The van der Waals surface area contributed by atoms with Gasteiger partial charge < -0.3 is 24.4 Å². The van der Waals surface area contributed by atoms with Crippen molar-refractivity contribution in [2.45, 2.75) is 0 Å². The van der Waals surface area contributed by atoms with Gasteiger partial charge in [0.2, 0.25) is 5.91 Å². The molecular weight excluding hydrogens is 308 g/mol. The number of nitrogens with one attached hydrogen (secondary N) is 1. The molecule has 0 saturated carbocycles. The Kier molecular flexibility index (Phi) is 6.76. The summed E-state index contributed by atoms with van der Waals surface area (Å²) in [5, 5.41) is 3.60. The zero-order valence-corrected chi connectivity index (χ0v) is 13.4. The zero-order valence-electron chi connectivity index (χ0n) is 12.6. The molecule has 1 amide bonds. The van der Waals surface area contributed by atoms with Crippen LogP contribution in [-0.2, 0) is 14.3 Å². The Morgan fingerprint density at radius 2 is 2.14 bits per heavy atom. The standard InChI is InChI=1S/C15H21ClN2O4/c1-20-9-10-22-15-12(16)3-2-4-13(15)17-11-14(19)18-5-7-21-8-6-18/h2-4,17H,5-11H2,1H3. The molecule has 1 aromatic rings. The van der Waals surface area contributed by atoms with Crippen LogP contribution in [0.15, 0.2) is 18.2 Å². The van der Waals surface area contributed by atoms with E-state index in [0.717, 1.165) is 0 Å². The van der Waals surface area contributed by atoms with Crippen LogP contribution in [0, 0.1) is 0 Å². The molecule has 1 aliphatic rings. The Hall–Kier alpha value is -1.50. The molecule has 7 heteroatoms. The molecule has 6 nitrogen and oxygen atoms in total. The molecular formula is C15H21ClN2O4. The first-order valence-corrected chi connectivity index (χ1v) is 7.60. The maximum Gasteiger partial charge on any atom is 0.242 e. The molecule has 2 rings (SSSR count). The fraction of sp³-hybridized carbons (Fsp3) is 0.533. The molecule has 0 aromatic heterocycles. The van der Waals surface area contributed by atoms with Gasteiger partial charge in [0.05, 0.1) is 37.1 Å². The van der Waals surface area contributed by atoms with E-state index >= 15 is 0 Å². The third-order valence-corrected chi connectivity index (χ3v) is 3.59. The Bertz CT molecular complexity index is 492. The van der Waals surface area contributed by atoms with Gasteiger partial charge in [-0.25, -0.2) is 0 Å². The fourth-order valence-electron chi connectivity index (χ4n) is 2.12. The van der Waals surface area contributed by atoms with E-state index in [2.05, 4.69) is 5.32 Å². The topological polar surface area (TPSA) is 60.0 Å². The molecule has 1 saturated heterocycles. The van der Waals surface area contributed by atoms with Crippen LogP contribution in [0.25, 0.3) is 0 Å². The molecule has 0 spiro atoms. The molecule has 0 radical (unpaired) electrons. The second-order valence-corrected chi connectivity index (χ2v) is 5.21. The number of benzene rings is 1. The third kappa shape index (κ3) is 4.76. The number of para-hydroxylation sites is 1. The smallest absolute Gasteiger partial charge is 0.242 e. The maximum absolute atomic E-state index is 12.1. The summed E-state index contributed by atoms with van der Waals surface area (Å²) in [6.07, 6.45) is 0. The molecule has 0 bridgehead atoms. The molecule has 1 fully saturated rings. The van der Waals surface area contributed by atoms with E-state index in [1.165, 1.54) is 0 Å². The lowest BCUT2D eigenvalue weighted by molar-refractivity contribution is -0.133. The first-order valence-electron chi connectivity index (χ1n) is 7.22. The van der Waals surface area contributed by atoms with Gasteiger partial charge >= 0.3 is 0 Å². The van der Waals surface area contributed by atoms with Crippen molar-refractivity contribution in [3.8, 4) is 5.75 Å². The highest BCUT2D eigenvalue weighted by atomic mass is 35.5. The number of morpholine rings is 1. The molecule has 1 heterocycles. The Morgan fingerprint density at radius 3 is 2.86 bits per heavy atom. The number of rotatable bonds is 7. The van der Waals surface area contributed by atoms with Crippen LogP contribution in [0.4, 0.5) is 5.69 Å².